The maximum absolute atomic E-state index is 12.3. The fraction of sp³-hybridized carbons (Fsp3) is 0.286. The van der Waals surface area contributed by atoms with Crippen molar-refractivity contribution >= 4 is 22.6 Å². The van der Waals surface area contributed by atoms with E-state index in [4.69, 9.17) is 10.6 Å². The molecule has 1 atom stereocenters. The minimum absolute atomic E-state index is 0.0424. The standard InChI is InChI=1S/C14H18N4O2/c1-9(20-2)8-16-14(19)11-7-13(18-15)17-12-6-4-3-5-10(11)12/h3-7,9H,8,15H2,1-2H3,(H,16,19)(H,17,18). The van der Waals surface area contributed by atoms with E-state index in [1.807, 2.05) is 31.2 Å². The van der Waals surface area contributed by atoms with E-state index in [1.165, 1.54) is 0 Å². The molecule has 0 aliphatic carbocycles. The lowest BCUT2D eigenvalue weighted by Gasteiger charge is -2.12. The van der Waals surface area contributed by atoms with Crippen LogP contribution >= 0.6 is 0 Å². The van der Waals surface area contributed by atoms with Crippen LogP contribution in [0.2, 0.25) is 0 Å². The number of aromatic nitrogens is 1. The Balaban J connectivity index is 2.34. The van der Waals surface area contributed by atoms with Crippen LogP contribution in [0.3, 0.4) is 0 Å². The van der Waals surface area contributed by atoms with Crippen LogP contribution in [0.25, 0.3) is 10.9 Å². The summed E-state index contributed by atoms with van der Waals surface area (Å²) < 4.78 is 5.11. The third-order valence-electron chi connectivity index (χ3n) is 3.06. The van der Waals surface area contributed by atoms with Crippen molar-refractivity contribution in [3.05, 3.63) is 35.9 Å². The predicted molar refractivity (Wildman–Crippen MR) is 78.4 cm³/mol. The Kier molecular flexibility index (Phi) is 4.49. The van der Waals surface area contributed by atoms with E-state index < -0.39 is 0 Å². The SMILES string of the molecule is COC(C)CNC(=O)c1cc(NN)nc2ccccc12. The number of benzene rings is 1. The van der Waals surface area contributed by atoms with Gasteiger partial charge in [0.05, 0.1) is 17.2 Å². The number of pyridine rings is 1. The number of anilines is 1. The number of hydrogen-bond donors (Lipinski definition) is 3. The first-order valence-corrected chi connectivity index (χ1v) is 6.33. The molecule has 0 fully saturated rings. The molecule has 6 nitrogen and oxygen atoms in total. The molecule has 0 aliphatic heterocycles. The van der Waals surface area contributed by atoms with E-state index in [9.17, 15) is 4.79 Å². The van der Waals surface area contributed by atoms with Gasteiger partial charge < -0.3 is 15.5 Å². The van der Waals surface area contributed by atoms with Crippen molar-refractivity contribution < 1.29 is 9.53 Å². The number of fused-ring (bicyclic) bond motifs is 1. The summed E-state index contributed by atoms with van der Waals surface area (Å²) in [5.41, 5.74) is 3.72. The second kappa shape index (κ2) is 6.31. The number of nitrogens with two attached hydrogens (primary N) is 1. The minimum Gasteiger partial charge on any atom is -0.380 e. The topological polar surface area (TPSA) is 89.3 Å². The Morgan fingerprint density at radius 2 is 2.20 bits per heavy atom. The second-order valence-electron chi connectivity index (χ2n) is 4.47. The molecule has 1 unspecified atom stereocenters. The lowest BCUT2D eigenvalue weighted by atomic mass is 10.1. The lowest BCUT2D eigenvalue weighted by Crippen LogP contribution is -2.31. The first-order valence-electron chi connectivity index (χ1n) is 6.33. The van der Waals surface area contributed by atoms with Gasteiger partial charge in [0.2, 0.25) is 0 Å². The van der Waals surface area contributed by atoms with Crippen LogP contribution in [0.4, 0.5) is 5.82 Å². The summed E-state index contributed by atoms with van der Waals surface area (Å²) in [6.07, 6.45) is -0.0424. The molecular weight excluding hydrogens is 256 g/mol. The maximum Gasteiger partial charge on any atom is 0.252 e. The van der Waals surface area contributed by atoms with Gasteiger partial charge in [-0.05, 0) is 19.1 Å². The van der Waals surface area contributed by atoms with Crippen LogP contribution in [0.5, 0.6) is 0 Å². The van der Waals surface area contributed by atoms with E-state index in [0.29, 0.717) is 23.4 Å². The van der Waals surface area contributed by atoms with Gasteiger partial charge in [-0.2, -0.15) is 0 Å². The number of nitrogens with zero attached hydrogens (tertiary/aromatic N) is 1. The average Bonchev–Trinajstić information content (AvgIpc) is 2.50. The molecule has 1 amide bonds. The van der Waals surface area contributed by atoms with Gasteiger partial charge in [-0.1, -0.05) is 18.2 Å². The summed E-state index contributed by atoms with van der Waals surface area (Å²) >= 11 is 0. The van der Waals surface area contributed by atoms with E-state index in [1.54, 1.807) is 13.2 Å². The molecule has 1 aromatic heterocycles. The van der Waals surface area contributed by atoms with Gasteiger partial charge in [-0.3, -0.25) is 4.79 Å². The number of hydrogen-bond acceptors (Lipinski definition) is 5. The second-order valence-corrected chi connectivity index (χ2v) is 4.47. The predicted octanol–water partition coefficient (Wildman–Crippen LogP) is 1.29. The zero-order valence-corrected chi connectivity index (χ0v) is 11.5. The molecule has 0 radical (unpaired) electrons. The molecule has 0 aliphatic rings. The fourth-order valence-corrected chi connectivity index (χ4v) is 1.85. The first-order chi connectivity index (χ1) is 9.65. The Labute approximate surface area is 117 Å². The van der Waals surface area contributed by atoms with Crippen molar-refractivity contribution in [1.82, 2.24) is 10.3 Å². The van der Waals surface area contributed by atoms with Gasteiger partial charge in [0.1, 0.15) is 5.82 Å². The quantitative estimate of drug-likeness (QED) is 0.564. The van der Waals surface area contributed by atoms with Crippen molar-refractivity contribution in [3.8, 4) is 0 Å². The van der Waals surface area contributed by atoms with Crippen LogP contribution in [0, 0.1) is 0 Å². The summed E-state index contributed by atoms with van der Waals surface area (Å²) in [7, 11) is 1.61. The van der Waals surface area contributed by atoms with E-state index in [-0.39, 0.29) is 12.0 Å². The molecule has 1 aromatic carbocycles. The van der Waals surface area contributed by atoms with Crippen LogP contribution in [0.1, 0.15) is 17.3 Å². The zero-order valence-electron chi connectivity index (χ0n) is 11.5. The van der Waals surface area contributed by atoms with Crippen LogP contribution < -0.4 is 16.6 Å². The first kappa shape index (κ1) is 14.2. The highest BCUT2D eigenvalue weighted by molar-refractivity contribution is 6.06. The zero-order chi connectivity index (χ0) is 14.5. The number of carbonyl (C=O) groups excluding carboxylic acids is 1. The van der Waals surface area contributed by atoms with Gasteiger partial charge in [-0.25, -0.2) is 10.8 Å². The van der Waals surface area contributed by atoms with Crippen LogP contribution in [-0.4, -0.2) is 30.6 Å². The Bertz CT molecular complexity index is 615. The molecule has 0 bridgehead atoms. The van der Waals surface area contributed by atoms with Crippen LogP contribution in [0.15, 0.2) is 30.3 Å². The van der Waals surface area contributed by atoms with Gasteiger partial charge in [0, 0.05) is 19.0 Å². The van der Waals surface area contributed by atoms with Crippen molar-refractivity contribution in [3.63, 3.8) is 0 Å². The van der Waals surface area contributed by atoms with Crippen molar-refractivity contribution in [1.29, 1.82) is 0 Å². The Morgan fingerprint density at radius 1 is 1.45 bits per heavy atom. The normalized spacial score (nSPS) is 12.2. The lowest BCUT2D eigenvalue weighted by molar-refractivity contribution is 0.0872. The summed E-state index contributed by atoms with van der Waals surface area (Å²) in [5, 5.41) is 3.62. The van der Waals surface area contributed by atoms with Crippen molar-refractivity contribution in [2.45, 2.75) is 13.0 Å². The van der Waals surface area contributed by atoms with Crippen LogP contribution in [-0.2, 0) is 4.74 Å². The molecule has 0 spiro atoms. The fourth-order valence-electron chi connectivity index (χ4n) is 1.85. The number of nitrogen functional groups attached to an aromatic ring is 1. The number of hydrazine groups is 1. The van der Waals surface area contributed by atoms with Crippen molar-refractivity contribution in [2.24, 2.45) is 5.84 Å². The number of nitrogens with one attached hydrogen (secondary N) is 2. The van der Waals surface area contributed by atoms with E-state index in [0.717, 1.165) is 5.39 Å². The Hall–Kier alpha value is -2.18. The molecule has 0 saturated carbocycles. The third-order valence-corrected chi connectivity index (χ3v) is 3.06. The van der Waals surface area contributed by atoms with Gasteiger partial charge in [0.25, 0.3) is 5.91 Å². The molecule has 2 aromatic rings. The van der Waals surface area contributed by atoms with Crippen molar-refractivity contribution in [2.75, 3.05) is 19.1 Å². The van der Waals surface area contributed by atoms with Gasteiger partial charge >= 0.3 is 0 Å². The maximum atomic E-state index is 12.3. The Morgan fingerprint density at radius 3 is 2.90 bits per heavy atom. The van der Waals surface area contributed by atoms with Gasteiger partial charge in [0.15, 0.2) is 0 Å². The molecular formula is C14H18N4O2. The highest BCUT2D eigenvalue weighted by Crippen LogP contribution is 2.20. The molecule has 0 saturated heterocycles. The van der Waals surface area contributed by atoms with E-state index >= 15 is 0 Å². The molecule has 20 heavy (non-hydrogen) atoms. The largest absolute Gasteiger partial charge is 0.380 e. The number of methoxy groups -OCH3 is 1. The molecule has 106 valence electrons. The highest BCUT2D eigenvalue weighted by Gasteiger charge is 2.13. The minimum atomic E-state index is -0.177. The number of carbonyl (C=O) groups is 1. The molecule has 1 heterocycles. The smallest absolute Gasteiger partial charge is 0.252 e. The molecule has 2 rings (SSSR count). The third kappa shape index (κ3) is 3.04. The monoisotopic (exact) mass is 274 g/mol. The van der Waals surface area contributed by atoms with Gasteiger partial charge in [-0.15, -0.1) is 0 Å². The number of ether oxygens (including phenoxy) is 1. The summed E-state index contributed by atoms with van der Waals surface area (Å²) in [6.45, 7) is 2.33. The van der Waals surface area contributed by atoms with E-state index in [2.05, 4.69) is 15.7 Å². The summed E-state index contributed by atoms with van der Waals surface area (Å²) in [6, 6.07) is 9.07. The highest BCUT2D eigenvalue weighted by atomic mass is 16.5. The average molecular weight is 274 g/mol. The molecule has 4 N–H and O–H groups in total. The number of rotatable bonds is 5. The number of amides is 1. The summed E-state index contributed by atoms with van der Waals surface area (Å²) in [4.78, 5) is 16.6. The number of para-hydroxylation sites is 1. The molecule has 6 heteroatoms. The summed E-state index contributed by atoms with van der Waals surface area (Å²) in [5.74, 6) is 5.66.